The van der Waals surface area contributed by atoms with Crippen molar-refractivity contribution in [2.24, 2.45) is 11.7 Å². The Hall–Kier alpha value is -0.610. The largest absolute Gasteiger partial charge is 0.348 e. The molecule has 4 heteroatoms. The van der Waals surface area contributed by atoms with Crippen molar-refractivity contribution >= 4 is 5.91 Å². The van der Waals surface area contributed by atoms with Crippen LogP contribution in [-0.2, 0) is 4.79 Å². The lowest BCUT2D eigenvalue weighted by Gasteiger charge is -2.40. The molecule has 1 saturated heterocycles. The van der Waals surface area contributed by atoms with E-state index in [0.29, 0.717) is 25.0 Å². The molecule has 2 N–H and O–H groups in total. The zero-order chi connectivity index (χ0) is 12.1. The topological polar surface area (TPSA) is 49.6 Å². The van der Waals surface area contributed by atoms with Crippen LogP contribution in [0.25, 0.3) is 0 Å². The SMILES string of the molecule is CCC1CCCN(CC(=O)N(C)C)C1CN. The number of piperidine rings is 1. The number of nitrogens with two attached hydrogens (primary N) is 1. The Balaban J connectivity index is 2.59. The second-order valence-corrected chi connectivity index (χ2v) is 4.87. The maximum Gasteiger partial charge on any atom is 0.236 e. The van der Waals surface area contributed by atoms with Crippen molar-refractivity contribution in [1.82, 2.24) is 9.80 Å². The minimum atomic E-state index is 0.176. The van der Waals surface area contributed by atoms with Gasteiger partial charge in [-0.05, 0) is 25.3 Å². The van der Waals surface area contributed by atoms with Crippen LogP contribution < -0.4 is 5.73 Å². The van der Waals surface area contributed by atoms with Gasteiger partial charge >= 0.3 is 0 Å². The highest BCUT2D eigenvalue weighted by Gasteiger charge is 2.30. The Kier molecular flexibility index (Phi) is 5.22. The monoisotopic (exact) mass is 227 g/mol. The highest BCUT2D eigenvalue weighted by atomic mass is 16.2. The van der Waals surface area contributed by atoms with E-state index in [1.165, 1.54) is 12.8 Å². The van der Waals surface area contributed by atoms with Gasteiger partial charge in [0.1, 0.15) is 0 Å². The predicted molar refractivity (Wildman–Crippen MR) is 66.1 cm³/mol. The second kappa shape index (κ2) is 6.21. The van der Waals surface area contributed by atoms with Crippen LogP contribution in [0.5, 0.6) is 0 Å². The first kappa shape index (κ1) is 13.5. The summed E-state index contributed by atoms with van der Waals surface area (Å²) in [6.07, 6.45) is 3.61. The van der Waals surface area contributed by atoms with Gasteiger partial charge in [0.2, 0.25) is 5.91 Å². The molecule has 1 aliphatic rings. The first-order valence-electron chi connectivity index (χ1n) is 6.24. The predicted octanol–water partition coefficient (Wildman–Crippen LogP) is 0.524. The maximum atomic E-state index is 11.7. The standard InChI is InChI=1S/C12H25N3O/c1-4-10-6-5-7-15(11(10)8-13)9-12(16)14(2)3/h10-11H,4-9,13H2,1-3H3. The lowest BCUT2D eigenvalue weighted by Crippen LogP contribution is -2.52. The number of amides is 1. The molecule has 1 heterocycles. The molecule has 0 aromatic carbocycles. The van der Waals surface area contributed by atoms with E-state index < -0.39 is 0 Å². The van der Waals surface area contributed by atoms with E-state index in [1.807, 2.05) is 0 Å². The first-order chi connectivity index (χ1) is 7.60. The summed E-state index contributed by atoms with van der Waals surface area (Å²) in [7, 11) is 3.61. The van der Waals surface area contributed by atoms with Crippen LogP contribution in [-0.4, -0.2) is 55.5 Å². The van der Waals surface area contributed by atoms with Gasteiger partial charge in [-0.1, -0.05) is 13.3 Å². The molecule has 0 aromatic rings. The van der Waals surface area contributed by atoms with Gasteiger partial charge in [0, 0.05) is 26.7 Å². The van der Waals surface area contributed by atoms with Crippen molar-refractivity contribution in [2.75, 3.05) is 33.7 Å². The van der Waals surface area contributed by atoms with Gasteiger partial charge < -0.3 is 10.6 Å². The van der Waals surface area contributed by atoms with Gasteiger partial charge in [-0.15, -0.1) is 0 Å². The van der Waals surface area contributed by atoms with Crippen molar-refractivity contribution < 1.29 is 4.79 Å². The third-order valence-corrected chi connectivity index (χ3v) is 3.64. The Bertz CT molecular complexity index is 230. The summed E-state index contributed by atoms with van der Waals surface area (Å²) in [5.74, 6) is 0.837. The number of nitrogens with zero attached hydrogens (tertiary/aromatic N) is 2. The van der Waals surface area contributed by atoms with E-state index in [9.17, 15) is 4.79 Å². The van der Waals surface area contributed by atoms with E-state index in [4.69, 9.17) is 5.73 Å². The van der Waals surface area contributed by atoms with E-state index in [2.05, 4.69) is 11.8 Å². The zero-order valence-electron chi connectivity index (χ0n) is 10.8. The van der Waals surface area contributed by atoms with E-state index in [-0.39, 0.29) is 5.91 Å². The smallest absolute Gasteiger partial charge is 0.236 e. The Morgan fingerprint density at radius 1 is 1.50 bits per heavy atom. The fraction of sp³-hybridized carbons (Fsp3) is 0.917. The summed E-state index contributed by atoms with van der Waals surface area (Å²) in [6.45, 7) is 4.41. The zero-order valence-corrected chi connectivity index (χ0v) is 10.8. The second-order valence-electron chi connectivity index (χ2n) is 4.87. The summed E-state index contributed by atoms with van der Waals surface area (Å²) in [5.41, 5.74) is 5.84. The van der Waals surface area contributed by atoms with E-state index >= 15 is 0 Å². The van der Waals surface area contributed by atoms with E-state index in [1.54, 1.807) is 19.0 Å². The fourth-order valence-corrected chi connectivity index (χ4v) is 2.54. The Labute approximate surface area is 98.8 Å². The van der Waals surface area contributed by atoms with Gasteiger partial charge in [0.25, 0.3) is 0 Å². The van der Waals surface area contributed by atoms with Gasteiger partial charge in [-0.25, -0.2) is 0 Å². The van der Waals surface area contributed by atoms with Gasteiger partial charge in [-0.3, -0.25) is 9.69 Å². The summed E-state index contributed by atoms with van der Waals surface area (Å²) < 4.78 is 0. The van der Waals surface area contributed by atoms with Crippen molar-refractivity contribution in [2.45, 2.75) is 32.2 Å². The molecule has 0 bridgehead atoms. The molecule has 0 aliphatic carbocycles. The molecule has 0 aromatic heterocycles. The minimum Gasteiger partial charge on any atom is -0.348 e. The minimum absolute atomic E-state index is 0.176. The number of likely N-dealkylation sites (N-methyl/N-ethyl adjacent to an activating group) is 1. The fourth-order valence-electron chi connectivity index (χ4n) is 2.54. The van der Waals surface area contributed by atoms with Gasteiger partial charge in [-0.2, -0.15) is 0 Å². The number of hydrogen-bond donors (Lipinski definition) is 1. The number of hydrogen-bond acceptors (Lipinski definition) is 3. The average Bonchev–Trinajstić information content (AvgIpc) is 2.28. The summed E-state index contributed by atoms with van der Waals surface area (Å²) >= 11 is 0. The molecular formula is C12H25N3O. The Morgan fingerprint density at radius 3 is 2.69 bits per heavy atom. The van der Waals surface area contributed by atoms with Crippen LogP contribution >= 0.6 is 0 Å². The molecule has 4 nitrogen and oxygen atoms in total. The quantitative estimate of drug-likeness (QED) is 0.762. The number of likely N-dealkylation sites (tertiary alicyclic amines) is 1. The molecule has 1 aliphatic heterocycles. The molecule has 0 saturated carbocycles. The molecule has 1 rings (SSSR count). The van der Waals surface area contributed by atoms with Crippen molar-refractivity contribution in [3.8, 4) is 0 Å². The maximum absolute atomic E-state index is 11.7. The molecule has 2 unspecified atom stereocenters. The molecular weight excluding hydrogens is 202 g/mol. The summed E-state index contributed by atoms with van der Waals surface area (Å²) in [4.78, 5) is 15.6. The van der Waals surface area contributed by atoms with Crippen molar-refractivity contribution in [3.05, 3.63) is 0 Å². The van der Waals surface area contributed by atoms with Crippen molar-refractivity contribution in [3.63, 3.8) is 0 Å². The summed E-state index contributed by atoms with van der Waals surface area (Å²) in [6, 6.07) is 0.391. The summed E-state index contributed by atoms with van der Waals surface area (Å²) in [5, 5.41) is 0. The van der Waals surface area contributed by atoms with E-state index in [0.717, 1.165) is 13.0 Å². The molecule has 1 amide bonds. The number of carbonyl (C=O) groups is 1. The van der Waals surface area contributed by atoms with Crippen LogP contribution in [0.15, 0.2) is 0 Å². The number of rotatable bonds is 4. The third kappa shape index (κ3) is 3.19. The molecule has 1 fully saturated rings. The normalized spacial score (nSPS) is 26.8. The van der Waals surface area contributed by atoms with Gasteiger partial charge in [0.15, 0.2) is 0 Å². The molecule has 0 radical (unpaired) electrons. The number of carbonyl (C=O) groups excluding carboxylic acids is 1. The van der Waals surface area contributed by atoms with Crippen LogP contribution in [0.1, 0.15) is 26.2 Å². The highest BCUT2D eigenvalue weighted by Crippen LogP contribution is 2.25. The van der Waals surface area contributed by atoms with Crippen LogP contribution in [0.2, 0.25) is 0 Å². The molecule has 0 spiro atoms. The van der Waals surface area contributed by atoms with Crippen LogP contribution in [0.3, 0.4) is 0 Å². The highest BCUT2D eigenvalue weighted by molar-refractivity contribution is 5.77. The lowest BCUT2D eigenvalue weighted by molar-refractivity contribution is -0.131. The molecule has 2 atom stereocenters. The van der Waals surface area contributed by atoms with Crippen LogP contribution in [0.4, 0.5) is 0 Å². The third-order valence-electron chi connectivity index (χ3n) is 3.64. The van der Waals surface area contributed by atoms with Crippen molar-refractivity contribution in [1.29, 1.82) is 0 Å². The lowest BCUT2D eigenvalue weighted by atomic mass is 9.87. The first-order valence-corrected chi connectivity index (χ1v) is 6.24. The average molecular weight is 227 g/mol. The molecule has 94 valence electrons. The molecule has 16 heavy (non-hydrogen) atoms. The Morgan fingerprint density at radius 2 is 2.19 bits per heavy atom. The van der Waals surface area contributed by atoms with Gasteiger partial charge in [0.05, 0.1) is 6.54 Å². The van der Waals surface area contributed by atoms with Crippen LogP contribution in [0, 0.1) is 5.92 Å².